The number of likely N-dealkylation sites (N-methyl/N-ethyl adjacent to an activating group) is 1. The van der Waals surface area contributed by atoms with E-state index in [9.17, 15) is 9.59 Å². The molecule has 0 bridgehead atoms. The molecule has 0 unspecified atom stereocenters. The highest BCUT2D eigenvalue weighted by Gasteiger charge is 2.07. The predicted molar refractivity (Wildman–Crippen MR) is 63.5 cm³/mol. The molecule has 4 heteroatoms. The van der Waals surface area contributed by atoms with E-state index >= 15 is 0 Å². The van der Waals surface area contributed by atoms with E-state index < -0.39 is 0 Å². The summed E-state index contributed by atoms with van der Waals surface area (Å²) in [5.74, 6) is 0.242. The lowest BCUT2D eigenvalue weighted by Crippen LogP contribution is -2.31. The number of amides is 1. The van der Waals surface area contributed by atoms with E-state index in [1.165, 1.54) is 9.47 Å². The molecule has 4 nitrogen and oxygen atoms in total. The summed E-state index contributed by atoms with van der Waals surface area (Å²) in [6, 6.07) is 3.47. The van der Waals surface area contributed by atoms with Crippen molar-refractivity contribution in [1.29, 1.82) is 0 Å². The molecule has 0 saturated carbocycles. The van der Waals surface area contributed by atoms with Gasteiger partial charge in [-0.25, -0.2) is 0 Å². The van der Waals surface area contributed by atoms with Gasteiger partial charge >= 0.3 is 0 Å². The Morgan fingerprint density at radius 1 is 1.44 bits per heavy atom. The maximum Gasteiger partial charge on any atom is 0.251 e. The molecule has 0 spiro atoms. The van der Waals surface area contributed by atoms with Crippen molar-refractivity contribution in [2.75, 3.05) is 14.1 Å². The van der Waals surface area contributed by atoms with Crippen molar-refractivity contribution < 1.29 is 4.79 Å². The van der Waals surface area contributed by atoms with E-state index in [1.54, 1.807) is 26.4 Å². The molecule has 0 aliphatic heterocycles. The summed E-state index contributed by atoms with van der Waals surface area (Å²) in [5, 5.41) is 0. The predicted octanol–water partition coefficient (Wildman–Crippen LogP) is 1.06. The van der Waals surface area contributed by atoms with E-state index in [1.807, 2.05) is 19.9 Å². The Labute approximate surface area is 95.5 Å². The molecule has 0 atom stereocenters. The first-order chi connectivity index (χ1) is 7.41. The first-order valence-electron chi connectivity index (χ1n) is 5.32. The Morgan fingerprint density at radius 3 is 2.50 bits per heavy atom. The number of aromatic nitrogens is 1. The van der Waals surface area contributed by atoms with Crippen molar-refractivity contribution >= 4 is 5.91 Å². The highest BCUT2D eigenvalue weighted by atomic mass is 16.2. The zero-order valence-electron chi connectivity index (χ0n) is 10.2. The van der Waals surface area contributed by atoms with Crippen molar-refractivity contribution in [2.45, 2.75) is 26.3 Å². The average Bonchev–Trinajstić information content (AvgIpc) is 2.20. The number of nitrogens with zero attached hydrogens (tertiary/aromatic N) is 2. The van der Waals surface area contributed by atoms with Crippen LogP contribution in [0.25, 0.3) is 0 Å². The van der Waals surface area contributed by atoms with Gasteiger partial charge in [-0.15, -0.1) is 0 Å². The van der Waals surface area contributed by atoms with Gasteiger partial charge in [0, 0.05) is 26.4 Å². The van der Waals surface area contributed by atoms with Gasteiger partial charge in [-0.05, 0) is 17.5 Å². The van der Waals surface area contributed by atoms with Gasteiger partial charge in [0.1, 0.15) is 6.54 Å². The summed E-state index contributed by atoms with van der Waals surface area (Å²) < 4.78 is 1.42. The third kappa shape index (κ3) is 2.95. The Morgan fingerprint density at radius 2 is 2.06 bits per heavy atom. The molecule has 1 aromatic rings. The minimum Gasteiger partial charge on any atom is -0.347 e. The van der Waals surface area contributed by atoms with Gasteiger partial charge in [0.2, 0.25) is 5.91 Å². The van der Waals surface area contributed by atoms with Gasteiger partial charge < -0.3 is 9.47 Å². The van der Waals surface area contributed by atoms with Crippen LogP contribution in [0.2, 0.25) is 0 Å². The fourth-order valence-electron chi connectivity index (χ4n) is 1.30. The van der Waals surface area contributed by atoms with Crippen LogP contribution in [0.3, 0.4) is 0 Å². The van der Waals surface area contributed by atoms with Crippen LogP contribution in [0.4, 0.5) is 0 Å². The molecule has 0 N–H and O–H groups in total. The zero-order chi connectivity index (χ0) is 12.3. The molecule has 0 aliphatic carbocycles. The lowest BCUT2D eigenvalue weighted by atomic mass is 10.1. The molecule has 1 aromatic heterocycles. The van der Waals surface area contributed by atoms with Crippen LogP contribution in [0.15, 0.2) is 23.1 Å². The fraction of sp³-hybridized carbons (Fsp3) is 0.500. The summed E-state index contributed by atoms with van der Waals surface area (Å²) in [6.07, 6.45) is 1.68. The van der Waals surface area contributed by atoms with Gasteiger partial charge in [-0.3, -0.25) is 9.59 Å². The molecule has 0 radical (unpaired) electrons. The van der Waals surface area contributed by atoms with Crippen molar-refractivity contribution in [1.82, 2.24) is 9.47 Å². The van der Waals surface area contributed by atoms with Gasteiger partial charge in [-0.2, -0.15) is 0 Å². The summed E-state index contributed by atoms with van der Waals surface area (Å²) in [6.45, 7) is 4.17. The Balaban J connectivity index is 2.92. The Bertz CT molecular complexity index is 433. The second kappa shape index (κ2) is 4.96. The molecule has 0 fully saturated rings. The SMILES string of the molecule is CC(C)c1ccn(CC(=O)N(C)C)c(=O)c1. The van der Waals surface area contributed by atoms with Gasteiger partial charge in [0.25, 0.3) is 5.56 Å². The number of carbonyl (C=O) groups excluding carboxylic acids is 1. The monoisotopic (exact) mass is 222 g/mol. The van der Waals surface area contributed by atoms with Crippen LogP contribution in [-0.2, 0) is 11.3 Å². The van der Waals surface area contributed by atoms with Crippen LogP contribution in [0, 0.1) is 0 Å². The van der Waals surface area contributed by atoms with E-state index in [2.05, 4.69) is 0 Å². The smallest absolute Gasteiger partial charge is 0.251 e. The van der Waals surface area contributed by atoms with Crippen molar-refractivity contribution in [3.8, 4) is 0 Å². The largest absolute Gasteiger partial charge is 0.347 e. The van der Waals surface area contributed by atoms with Crippen LogP contribution in [0.5, 0.6) is 0 Å². The minimum atomic E-state index is -0.124. The summed E-state index contributed by atoms with van der Waals surface area (Å²) in [7, 11) is 3.35. The van der Waals surface area contributed by atoms with Crippen LogP contribution in [-0.4, -0.2) is 29.5 Å². The normalized spacial score (nSPS) is 10.6. The van der Waals surface area contributed by atoms with Gasteiger partial charge in [0.05, 0.1) is 0 Å². The van der Waals surface area contributed by atoms with Crippen molar-refractivity contribution in [2.24, 2.45) is 0 Å². The Kier molecular flexibility index (Phi) is 3.88. The molecule has 88 valence electrons. The van der Waals surface area contributed by atoms with E-state index in [-0.39, 0.29) is 18.0 Å². The maximum absolute atomic E-state index is 11.7. The first kappa shape index (κ1) is 12.5. The maximum atomic E-state index is 11.7. The van der Waals surface area contributed by atoms with E-state index in [0.29, 0.717) is 5.92 Å². The van der Waals surface area contributed by atoms with Gasteiger partial charge in [-0.1, -0.05) is 13.8 Å². The second-order valence-corrected chi connectivity index (χ2v) is 4.37. The molecule has 1 amide bonds. The topological polar surface area (TPSA) is 42.3 Å². The van der Waals surface area contributed by atoms with Crippen molar-refractivity contribution in [3.05, 3.63) is 34.2 Å². The number of hydrogen-bond donors (Lipinski definition) is 0. The molecule has 16 heavy (non-hydrogen) atoms. The van der Waals surface area contributed by atoms with E-state index in [4.69, 9.17) is 0 Å². The van der Waals surface area contributed by atoms with Crippen LogP contribution >= 0.6 is 0 Å². The molecule has 1 heterocycles. The molecular formula is C12H18N2O2. The standard InChI is InChI=1S/C12H18N2O2/c1-9(2)10-5-6-14(11(15)7-10)8-12(16)13(3)4/h5-7,9H,8H2,1-4H3. The number of rotatable bonds is 3. The Hall–Kier alpha value is -1.58. The highest BCUT2D eigenvalue weighted by molar-refractivity contribution is 5.75. The minimum absolute atomic E-state index is 0.0839. The second-order valence-electron chi connectivity index (χ2n) is 4.37. The summed E-state index contributed by atoms with van der Waals surface area (Å²) >= 11 is 0. The molecule has 0 saturated heterocycles. The lowest BCUT2D eigenvalue weighted by molar-refractivity contribution is -0.129. The molecule has 1 rings (SSSR count). The molecule has 0 aromatic carbocycles. The van der Waals surface area contributed by atoms with Gasteiger partial charge in [0.15, 0.2) is 0 Å². The summed E-state index contributed by atoms with van der Waals surface area (Å²) in [4.78, 5) is 24.6. The number of carbonyl (C=O) groups is 1. The van der Waals surface area contributed by atoms with E-state index in [0.717, 1.165) is 5.56 Å². The lowest BCUT2D eigenvalue weighted by Gasteiger charge is -2.12. The van der Waals surface area contributed by atoms with Crippen LogP contribution < -0.4 is 5.56 Å². The van der Waals surface area contributed by atoms with Crippen molar-refractivity contribution in [3.63, 3.8) is 0 Å². The number of hydrogen-bond acceptors (Lipinski definition) is 2. The fourth-order valence-corrected chi connectivity index (χ4v) is 1.30. The van der Waals surface area contributed by atoms with Crippen LogP contribution in [0.1, 0.15) is 25.3 Å². The quantitative estimate of drug-likeness (QED) is 0.767. The summed E-state index contributed by atoms with van der Waals surface area (Å²) in [5.41, 5.74) is 0.875. The third-order valence-electron chi connectivity index (χ3n) is 2.49. The molecule has 0 aliphatic rings. The first-order valence-corrected chi connectivity index (χ1v) is 5.32. The number of pyridine rings is 1. The third-order valence-corrected chi connectivity index (χ3v) is 2.49. The highest BCUT2D eigenvalue weighted by Crippen LogP contribution is 2.10. The average molecular weight is 222 g/mol. The zero-order valence-corrected chi connectivity index (χ0v) is 10.2. The molecular weight excluding hydrogens is 204 g/mol.